The maximum absolute atomic E-state index is 12.1. The van der Waals surface area contributed by atoms with Gasteiger partial charge in [-0.3, -0.25) is 0 Å². The van der Waals surface area contributed by atoms with Gasteiger partial charge in [-0.25, -0.2) is 18.5 Å². The minimum atomic E-state index is -4.57. The minimum Gasteiger partial charge on any atom is -0.229 e. The van der Waals surface area contributed by atoms with E-state index < -0.39 is 22.0 Å². The number of aromatic nitrogens is 2. The number of alkyl halides is 3. The van der Waals surface area contributed by atoms with Gasteiger partial charge in [-0.05, 0) is 11.5 Å². The molecule has 0 aliphatic heterocycles. The second kappa shape index (κ2) is 4.85. The van der Waals surface area contributed by atoms with Gasteiger partial charge >= 0.3 is 6.18 Å². The van der Waals surface area contributed by atoms with Gasteiger partial charge in [0.15, 0.2) is 4.34 Å². The molecule has 1 aromatic heterocycles. The summed E-state index contributed by atoms with van der Waals surface area (Å²) in [6, 6.07) is 0. The van der Waals surface area contributed by atoms with E-state index in [-0.39, 0.29) is 15.8 Å². The van der Waals surface area contributed by atoms with Gasteiger partial charge < -0.3 is 0 Å². The fraction of sp³-hybridized carbons (Fsp3) is 0.600. The lowest BCUT2D eigenvalue weighted by Gasteiger charge is -1.98. The number of sulfonamides is 1. The average Bonchev–Trinajstić information content (AvgIpc) is 2.49. The Kier molecular flexibility index (Phi) is 4.15. The number of primary sulfonamides is 1. The molecule has 0 amide bonds. The summed E-state index contributed by atoms with van der Waals surface area (Å²) in [6.45, 7) is 0. The molecule has 92 valence electrons. The van der Waals surface area contributed by atoms with Crippen LogP contribution in [-0.2, 0) is 16.2 Å². The number of halogens is 3. The third-order valence-corrected chi connectivity index (χ3v) is 4.12. The predicted octanol–water partition coefficient (Wildman–Crippen LogP) is 0.938. The van der Waals surface area contributed by atoms with Crippen molar-refractivity contribution in [3.05, 3.63) is 5.82 Å². The van der Waals surface area contributed by atoms with Crippen molar-refractivity contribution in [1.29, 1.82) is 0 Å². The molecule has 0 aliphatic carbocycles. The van der Waals surface area contributed by atoms with Crippen LogP contribution in [0.15, 0.2) is 4.34 Å². The van der Waals surface area contributed by atoms with Gasteiger partial charge in [0.2, 0.25) is 15.8 Å². The highest BCUT2D eigenvalue weighted by atomic mass is 32.2. The standard InChI is InChI=1S/C5H6F3N3O2S3/c6-5(7,8)3-10-4(15-11-3)14-1-2-16(9,12)13/h1-2H2,(H2,9,12,13). The van der Waals surface area contributed by atoms with E-state index >= 15 is 0 Å². The molecule has 0 aliphatic rings. The fourth-order valence-corrected chi connectivity index (χ4v) is 3.23. The monoisotopic (exact) mass is 293 g/mol. The second-order valence-corrected chi connectivity index (χ2v) is 6.42. The zero-order chi connectivity index (χ0) is 12.4. The Labute approximate surface area is 97.5 Å². The van der Waals surface area contributed by atoms with E-state index in [1.165, 1.54) is 0 Å². The number of hydrogen-bond acceptors (Lipinski definition) is 6. The summed E-state index contributed by atoms with van der Waals surface area (Å²) in [5.41, 5.74) is 0. The zero-order valence-corrected chi connectivity index (χ0v) is 10.0. The van der Waals surface area contributed by atoms with Crippen LogP contribution in [0.5, 0.6) is 0 Å². The molecule has 0 spiro atoms. The van der Waals surface area contributed by atoms with Crippen LogP contribution in [-0.4, -0.2) is 29.3 Å². The van der Waals surface area contributed by atoms with E-state index in [2.05, 4.69) is 9.36 Å². The van der Waals surface area contributed by atoms with Crippen LogP contribution < -0.4 is 5.14 Å². The van der Waals surface area contributed by atoms with Crippen LogP contribution in [0, 0.1) is 0 Å². The third-order valence-electron chi connectivity index (χ3n) is 1.25. The minimum absolute atomic E-state index is 0.0469. The molecule has 1 aromatic rings. The lowest BCUT2D eigenvalue weighted by atomic mass is 10.6. The molecular weight excluding hydrogens is 287 g/mol. The molecule has 0 saturated carbocycles. The molecular formula is C5H6F3N3O2S3. The van der Waals surface area contributed by atoms with Crippen LogP contribution >= 0.6 is 23.3 Å². The highest BCUT2D eigenvalue weighted by molar-refractivity contribution is 8.01. The van der Waals surface area contributed by atoms with Gasteiger partial charge in [-0.2, -0.15) is 17.5 Å². The first-order valence-electron chi connectivity index (χ1n) is 3.72. The molecule has 5 nitrogen and oxygen atoms in total. The summed E-state index contributed by atoms with van der Waals surface area (Å²) in [4.78, 5) is 3.21. The van der Waals surface area contributed by atoms with Gasteiger partial charge in [0, 0.05) is 5.75 Å². The van der Waals surface area contributed by atoms with Gasteiger partial charge in [0.1, 0.15) is 0 Å². The van der Waals surface area contributed by atoms with E-state index in [1.807, 2.05) is 0 Å². The Hall–Kier alpha value is -0.390. The van der Waals surface area contributed by atoms with Gasteiger partial charge in [-0.1, -0.05) is 11.8 Å². The Morgan fingerprint density at radius 2 is 2.06 bits per heavy atom. The molecule has 0 bridgehead atoms. The number of nitrogens with zero attached hydrogens (tertiary/aromatic N) is 2. The van der Waals surface area contributed by atoms with Crippen molar-refractivity contribution in [2.45, 2.75) is 10.5 Å². The molecule has 16 heavy (non-hydrogen) atoms. The topological polar surface area (TPSA) is 85.9 Å². The van der Waals surface area contributed by atoms with Gasteiger partial charge in [0.05, 0.1) is 5.75 Å². The average molecular weight is 293 g/mol. The molecule has 0 fully saturated rings. The molecule has 0 atom stereocenters. The number of nitrogens with two attached hydrogens (primary N) is 1. The first-order valence-corrected chi connectivity index (χ1v) is 7.20. The molecule has 0 radical (unpaired) electrons. The van der Waals surface area contributed by atoms with Crippen molar-refractivity contribution in [2.75, 3.05) is 11.5 Å². The Bertz CT molecular complexity index is 455. The van der Waals surface area contributed by atoms with Crippen molar-refractivity contribution >= 4 is 33.3 Å². The second-order valence-electron chi connectivity index (χ2n) is 2.60. The summed E-state index contributed by atoms with van der Waals surface area (Å²) in [5, 5.41) is 4.72. The van der Waals surface area contributed by atoms with Crippen LogP contribution in [0.2, 0.25) is 0 Å². The van der Waals surface area contributed by atoms with Crippen LogP contribution in [0.1, 0.15) is 5.82 Å². The molecule has 0 aromatic carbocycles. The number of rotatable bonds is 4. The summed E-state index contributed by atoms with van der Waals surface area (Å²) < 4.78 is 60.5. The molecule has 0 saturated heterocycles. The molecule has 11 heteroatoms. The molecule has 1 rings (SSSR count). The van der Waals surface area contributed by atoms with Crippen molar-refractivity contribution < 1.29 is 21.6 Å². The van der Waals surface area contributed by atoms with E-state index in [0.29, 0.717) is 11.5 Å². The summed E-state index contributed by atoms with van der Waals surface area (Å²) in [7, 11) is -3.60. The zero-order valence-electron chi connectivity index (χ0n) is 7.56. The number of thioether (sulfide) groups is 1. The summed E-state index contributed by atoms with van der Waals surface area (Å²) in [5.74, 6) is -1.49. The third kappa shape index (κ3) is 4.63. The van der Waals surface area contributed by atoms with Crippen molar-refractivity contribution in [1.82, 2.24) is 9.36 Å². The Morgan fingerprint density at radius 1 is 1.44 bits per heavy atom. The highest BCUT2D eigenvalue weighted by Gasteiger charge is 2.36. The number of hydrogen-bond donors (Lipinski definition) is 1. The van der Waals surface area contributed by atoms with Crippen LogP contribution in [0.3, 0.4) is 0 Å². The Balaban J connectivity index is 2.54. The summed E-state index contributed by atoms with van der Waals surface area (Å²) >= 11 is 1.44. The quantitative estimate of drug-likeness (QED) is 0.835. The molecule has 0 unspecified atom stereocenters. The van der Waals surface area contributed by atoms with Crippen LogP contribution in [0.4, 0.5) is 13.2 Å². The predicted molar refractivity (Wildman–Crippen MR) is 53.6 cm³/mol. The fourth-order valence-electron chi connectivity index (χ4n) is 0.628. The Morgan fingerprint density at radius 3 is 2.50 bits per heavy atom. The van der Waals surface area contributed by atoms with E-state index in [9.17, 15) is 21.6 Å². The van der Waals surface area contributed by atoms with Gasteiger partial charge in [0.25, 0.3) is 0 Å². The van der Waals surface area contributed by atoms with E-state index in [0.717, 1.165) is 11.8 Å². The van der Waals surface area contributed by atoms with Gasteiger partial charge in [-0.15, -0.1) is 0 Å². The van der Waals surface area contributed by atoms with Crippen molar-refractivity contribution in [2.24, 2.45) is 5.14 Å². The SMILES string of the molecule is NS(=O)(=O)CCSc1nc(C(F)(F)F)ns1. The van der Waals surface area contributed by atoms with Crippen LogP contribution in [0.25, 0.3) is 0 Å². The normalized spacial score (nSPS) is 13.0. The molecule has 2 N–H and O–H groups in total. The van der Waals surface area contributed by atoms with E-state index in [1.54, 1.807) is 0 Å². The van der Waals surface area contributed by atoms with Crippen molar-refractivity contribution in [3.8, 4) is 0 Å². The summed E-state index contributed by atoms with van der Waals surface area (Å²) in [6.07, 6.45) is -4.57. The first kappa shape index (κ1) is 13.7. The lowest BCUT2D eigenvalue weighted by Crippen LogP contribution is -2.17. The smallest absolute Gasteiger partial charge is 0.229 e. The maximum atomic E-state index is 12.1. The highest BCUT2D eigenvalue weighted by Crippen LogP contribution is 2.30. The maximum Gasteiger partial charge on any atom is 0.452 e. The first-order chi connectivity index (χ1) is 7.18. The van der Waals surface area contributed by atoms with E-state index in [4.69, 9.17) is 5.14 Å². The largest absolute Gasteiger partial charge is 0.452 e. The van der Waals surface area contributed by atoms with Crippen molar-refractivity contribution in [3.63, 3.8) is 0 Å². The lowest BCUT2D eigenvalue weighted by molar-refractivity contribution is -0.144. The molecule has 1 heterocycles.